The molecule has 0 amide bonds. The number of hydrogen-bond acceptors (Lipinski definition) is 4. The average Bonchev–Trinajstić information content (AvgIpc) is 2.60. The fourth-order valence-corrected chi connectivity index (χ4v) is 3.87. The number of hydrogen-bond donors (Lipinski definition) is 1. The van der Waals surface area contributed by atoms with Gasteiger partial charge in [0.1, 0.15) is 18.5 Å². The summed E-state index contributed by atoms with van der Waals surface area (Å²) in [5, 5.41) is 10.3. The number of nitrogens with zero attached hydrogens (tertiary/aromatic N) is 1. The number of β-amino-alcohol motifs (C(OH)–C–C–N with tert-alkyl or cyclic N) is 1. The van der Waals surface area contributed by atoms with Crippen molar-refractivity contribution in [3.63, 3.8) is 0 Å². The molecule has 0 bridgehead atoms. The third kappa shape index (κ3) is 5.30. The van der Waals surface area contributed by atoms with E-state index in [0.29, 0.717) is 13.2 Å². The van der Waals surface area contributed by atoms with Crippen LogP contribution in [0.1, 0.15) is 50.7 Å². The number of benzene rings is 1. The molecule has 2 saturated heterocycles. The van der Waals surface area contributed by atoms with Crippen molar-refractivity contribution in [2.75, 3.05) is 26.2 Å². The summed E-state index contributed by atoms with van der Waals surface area (Å²) < 4.78 is 12.1. The second-order valence-corrected chi connectivity index (χ2v) is 7.46. The first-order chi connectivity index (χ1) is 12.1. The van der Waals surface area contributed by atoms with Crippen LogP contribution in [0.2, 0.25) is 0 Å². The third-order valence-corrected chi connectivity index (χ3v) is 5.06. The van der Waals surface area contributed by atoms with Crippen molar-refractivity contribution in [3.8, 4) is 5.75 Å². The highest BCUT2D eigenvalue weighted by Gasteiger charge is 2.25. The highest BCUT2D eigenvalue weighted by molar-refractivity contribution is 5.36. The topological polar surface area (TPSA) is 41.9 Å². The van der Waals surface area contributed by atoms with Crippen LogP contribution in [0, 0.1) is 0 Å². The van der Waals surface area contributed by atoms with Gasteiger partial charge in [0.2, 0.25) is 0 Å². The van der Waals surface area contributed by atoms with E-state index < -0.39 is 6.10 Å². The van der Waals surface area contributed by atoms with Gasteiger partial charge in [-0.15, -0.1) is 0 Å². The average molecular weight is 345 g/mol. The lowest BCUT2D eigenvalue weighted by atomic mass is 9.95. The Labute approximate surface area is 151 Å². The van der Waals surface area contributed by atoms with E-state index in [4.69, 9.17) is 9.47 Å². The molecule has 25 heavy (non-hydrogen) atoms. The van der Waals surface area contributed by atoms with Crippen LogP contribution in [0.25, 0.3) is 0 Å². The lowest BCUT2D eigenvalue weighted by Gasteiger charge is -2.31. The quantitative estimate of drug-likeness (QED) is 0.798. The minimum absolute atomic E-state index is 0.00770. The first-order valence-electron chi connectivity index (χ1n) is 9.56. The standard InChI is InChI=1S/C21H31NO3/c1-16-12-17(2)25-21(13-16)19-8-4-5-9-20(19)24-15-18(23)14-22-10-6-3-7-11-22/h4-5,8-9,17-18,21,23H,1,3,6-7,10-15H2,2H3/t17-,18+,21-/m0/s1. The smallest absolute Gasteiger partial charge is 0.125 e. The molecule has 2 aliphatic rings. The zero-order valence-electron chi connectivity index (χ0n) is 15.3. The first-order valence-corrected chi connectivity index (χ1v) is 9.56. The van der Waals surface area contributed by atoms with Crippen molar-refractivity contribution >= 4 is 0 Å². The van der Waals surface area contributed by atoms with Crippen molar-refractivity contribution in [2.45, 2.75) is 57.3 Å². The molecule has 0 radical (unpaired) electrons. The second kappa shape index (κ2) is 8.84. The number of aliphatic hydroxyl groups is 1. The van der Waals surface area contributed by atoms with E-state index in [0.717, 1.165) is 37.2 Å². The predicted molar refractivity (Wildman–Crippen MR) is 99.9 cm³/mol. The maximum atomic E-state index is 10.3. The van der Waals surface area contributed by atoms with Crippen molar-refractivity contribution < 1.29 is 14.6 Å². The highest BCUT2D eigenvalue weighted by Crippen LogP contribution is 2.37. The van der Waals surface area contributed by atoms with Crippen LogP contribution in [0.3, 0.4) is 0 Å². The molecule has 0 unspecified atom stereocenters. The van der Waals surface area contributed by atoms with Gasteiger partial charge >= 0.3 is 0 Å². The molecule has 4 heteroatoms. The van der Waals surface area contributed by atoms with Gasteiger partial charge in [0.15, 0.2) is 0 Å². The summed E-state index contributed by atoms with van der Waals surface area (Å²) in [5.74, 6) is 0.812. The van der Waals surface area contributed by atoms with Crippen molar-refractivity contribution in [3.05, 3.63) is 42.0 Å². The molecule has 0 saturated carbocycles. The lowest BCUT2D eigenvalue weighted by Crippen LogP contribution is -2.38. The van der Waals surface area contributed by atoms with Gasteiger partial charge in [0.25, 0.3) is 0 Å². The molecule has 4 nitrogen and oxygen atoms in total. The van der Waals surface area contributed by atoms with Crippen LogP contribution < -0.4 is 4.74 Å². The monoisotopic (exact) mass is 345 g/mol. The SMILES string of the molecule is C=C1C[C@@H](c2ccccc2OC[C@H](O)CN2CCCCC2)O[C@@H](C)C1. The maximum absolute atomic E-state index is 10.3. The molecule has 2 aliphatic heterocycles. The van der Waals surface area contributed by atoms with E-state index in [1.807, 2.05) is 18.2 Å². The number of para-hydroxylation sites is 1. The van der Waals surface area contributed by atoms with Crippen molar-refractivity contribution in [2.24, 2.45) is 0 Å². The van der Waals surface area contributed by atoms with Gasteiger partial charge in [-0.05, 0) is 51.8 Å². The molecule has 1 aromatic rings. The molecular formula is C21H31NO3. The molecule has 1 N–H and O–H groups in total. The Kier molecular flexibility index (Phi) is 6.51. The third-order valence-electron chi connectivity index (χ3n) is 5.06. The minimum Gasteiger partial charge on any atom is -0.490 e. The Bertz CT molecular complexity index is 568. The molecule has 0 aromatic heterocycles. The summed E-state index contributed by atoms with van der Waals surface area (Å²) >= 11 is 0. The Morgan fingerprint density at radius 1 is 1.24 bits per heavy atom. The van der Waals surface area contributed by atoms with Crippen LogP contribution in [-0.4, -0.2) is 48.5 Å². The van der Waals surface area contributed by atoms with E-state index in [-0.39, 0.29) is 12.2 Å². The Morgan fingerprint density at radius 2 is 2.00 bits per heavy atom. The Morgan fingerprint density at radius 3 is 2.76 bits per heavy atom. The zero-order valence-corrected chi connectivity index (χ0v) is 15.3. The number of aliphatic hydroxyl groups excluding tert-OH is 1. The minimum atomic E-state index is -0.465. The van der Waals surface area contributed by atoms with Gasteiger partial charge in [-0.2, -0.15) is 0 Å². The van der Waals surface area contributed by atoms with E-state index in [9.17, 15) is 5.11 Å². The van der Waals surface area contributed by atoms with Crippen molar-refractivity contribution in [1.82, 2.24) is 4.90 Å². The van der Waals surface area contributed by atoms with E-state index in [1.54, 1.807) is 0 Å². The van der Waals surface area contributed by atoms with Gasteiger partial charge in [-0.25, -0.2) is 0 Å². The van der Waals surface area contributed by atoms with Gasteiger partial charge < -0.3 is 19.5 Å². The summed E-state index contributed by atoms with van der Waals surface area (Å²) in [5.41, 5.74) is 2.28. The number of ether oxygens (including phenoxy) is 2. The van der Waals surface area contributed by atoms with Crippen LogP contribution in [-0.2, 0) is 4.74 Å². The molecular weight excluding hydrogens is 314 g/mol. The van der Waals surface area contributed by atoms with Gasteiger partial charge in [-0.3, -0.25) is 0 Å². The largest absolute Gasteiger partial charge is 0.490 e. The van der Waals surface area contributed by atoms with Gasteiger partial charge in [0, 0.05) is 12.1 Å². The molecule has 0 spiro atoms. The zero-order chi connectivity index (χ0) is 17.6. The molecule has 2 fully saturated rings. The summed E-state index contributed by atoms with van der Waals surface area (Å²) in [6, 6.07) is 8.01. The molecule has 3 rings (SSSR count). The van der Waals surface area contributed by atoms with Gasteiger partial charge in [0.05, 0.1) is 12.2 Å². The van der Waals surface area contributed by atoms with Crippen LogP contribution in [0.15, 0.2) is 36.4 Å². The van der Waals surface area contributed by atoms with Crippen molar-refractivity contribution in [1.29, 1.82) is 0 Å². The number of piperidine rings is 1. The summed E-state index contributed by atoms with van der Waals surface area (Å²) in [7, 11) is 0. The first kappa shape index (κ1) is 18.4. The van der Waals surface area contributed by atoms with E-state index in [2.05, 4.69) is 24.5 Å². The molecule has 1 aromatic carbocycles. The Hall–Kier alpha value is -1.36. The van der Waals surface area contributed by atoms with E-state index >= 15 is 0 Å². The highest BCUT2D eigenvalue weighted by atomic mass is 16.5. The summed E-state index contributed by atoms with van der Waals surface area (Å²) in [4.78, 5) is 2.33. The fraction of sp³-hybridized carbons (Fsp3) is 0.619. The predicted octanol–water partition coefficient (Wildman–Crippen LogP) is 3.71. The van der Waals surface area contributed by atoms with Gasteiger partial charge in [-0.1, -0.05) is 36.8 Å². The maximum Gasteiger partial charge on any atom is 0.125 e. The Balaban J connectivity index is 1.58. The summed E-state index contributed by atoms with van der Waals surface area (Å²) in [6.45, 7) is 9.41. The van der Waals surface area contributed by atoms with Crippen LogP contribution in [0.4, 0.5) is 0 Å². The lowest BCUT2D eigenvalue weighted by molar-refractivity contribution is -0.0243. The van der Waals surface area contributed by atoms with E-state index in [1.165, 1.54) is 24.8 Å². The fourth-order valence-electron chi connectivity index (χ4n) is 3.87. The normalized spacial score (nSPS) is 26.4. The summed E-state index contributed by atoms with van der Waals surface area (Å²) in [6.07, 6.45) is 5.24. The molecule has 2 heterocycles. The number of rotatable bonds is 6. The van der Waals surface area contributed by atoms with Crippen LogP contribution in [0.5, 0.6) is 5.75 Å². The molecule has 138 valence electrons. The molecule has 3 atom stereocenters. The number of likely N-dealkylation sites (tertiary alicyclic amines) is 1. The van der Waals surface area contributed by atoms with Crippen LogP contribution >= 0.6 is 0 Å². The molecule has 0 aliphatic carbocycles. The second-order valence-electron chi connectivity index (χ2n) is 7.46.